The van der Waals surface area contributed by atoms with Crippen LogP contribution in [-0.2, 0) is 13.0 Å². The zero-order valence-corrected chi connectivity index (χ0v) is 11.6. The Kier molecular flexibility index (Phi) is 3.33. The molecule has 0 amide bonds. The average Bonchev–Trinajstić information content (AvgIpc) is 2.98. The van der Waals surface area contributed by atoms with Crippen LogP contribution >= 0.6 is 0 Å². The van der Waals surface area contributed by atoms with Gasteiger partial charge in [-0.3, -0.25) is 4.68 Å². The van der Waals surface area contributed by atoms with Crippen molar-refractivity contribution in [2.75, 3.05) is 0 Å². The smallest absolute Gasteiger partial charge is 0.248 e. The van der Waals surface area contributed by atoms with Crippen LogP contribution in [0.3, 0.4) is 0 Å². The number of hydrogen-bond acceptors (Lipinski definition) is 4. The van der Waals surface area contributed by atoms with Gasteiger partial charge in [0.2, 0.25) is 5.89 Å². The largest absolute Gasteiger partial charge is 0.337 e. The summed E-state index contributed by atoms with van der Waals surface area (Å²) in [5.41, 5.74) is 3.25. The molecule has 0 radical (unpaired) electrons. The van der Waals surface area contributed by atoms with Crippen LogP contribution in [0.4, 0.5) is 0 Å². The van der Waals surface area contributed by atoms with E-state index in [0.29, 0.717) is 24.7 Å². The van der Waals surface area contributed by atoms with Crippen LogP contribution in [0.15, 0.2) is 40.9 Å². The van der Waals surface area contributed by atoms with Gasteiger partial charge in [0.1, 0.15) is 6.54 Å². The topological polar surface area (TPSA) is 56.7 Å². The number of rotatable bonds is 4. The average molecular weight is 268 g/mol. The minimum Gasteiger partial charge on any atom is -0.337 e. The number of hydrogen-bond donors (Lipinski definition) is 0. The first-order valence-corrected chi connectivity index (χ1v) is 6.57. The summed E-state index contributed by atoms with van der Waals surface area (Å²) in [4.78, 5) is 4.41. The maximum atomic E-state index is 5.28. The molecule has 0 bridgehead atoms. The van der Waals surface area contributed by atoms with Crippen LogP contribution in [0.5, 0.6) is 0 Å². The van der Waals surface area contributed by atoms with Gasteiger partial charge in [-0.15, -0.1) is 0 Å². The zero-order valence-electron chi connectivity index (χ0n) is 11.6. The van der Waals surface area contributed by atoms with Crippen LogP contribution in [0.2, 0.25) is 0 Å². The van der Waals surface area contributed by atoms with E-state index >= 15 is 0 Å². The maximum Gasteiger partial charge on any atom is 0.248 e. The van der Waals surface area contributed by atoms with Crippen LogP contribution in [-0.4, -0.2) is 19.9 Å². The fraction of sp³-hybridized carbons (Fsp3) is 0.267. The second-order valence-electron chi connectivity index (χ2n) is 4.85. The molecule has 0 aliphatic heterocycles. The molecule has 0 fully saturated rings. The molecule has 20 heavy (non-hydrogen) atoms. The molecule has 0 aliphatic rings. The standard InChI is InChI=1S/C15H16N4O/c1-11-8-12(2)19(17-11)10-15-16-14(18-20-15)9-13-6-4-3-5-7-13/h3-8H,9-10H2,1-2H3. The minimum absolute atomic E-state index is 0.515. The first-order chi connectivity index (χ1) is 9.70. The lowest BCUT2D eigenvalue weighted by atomic mass is 10.1. The highest BCUT2D eigenvalue weighted by Gasteiger charge is 2.09. The van der Waals surface area contributed by atoms with Crippen LogP contribution < -0.4 is 0 Å². The Hall–Kier alpha value is -2.43. The number of aryl methyl sites for hydroxylation is 2. The van der Waals surface area contributed by atoms with Crippen molar-refractivity contribution in [3.8, 4) is 0 Å². The molecule has 5 nitrogen and oxygen atoms in total. The van der Waals surface area contributed by atoms with Crippen molar-refractivity contribution in [2.45, 2.75) is 26.8 Å². The molecule has 102 valence electrons. The third-order valence-electron chi connectivity index (χ3n) is 3.10. The van der Waals surface area contributed by atoms with E-state index < -0.39 is 0 Å². The van der Waals surface area contributed by atoms with E-state index in [4.69, 9.17) is 4.52 Å². The van der Waals surface area contributed by atoms with Gasteiger partial charge in [-0.1, -0.05) is 35.5 Å². The first-order valence-electron chi connectivity index (χ1n) is 6.57. The van der Waals surface area contributed by atoms with Gasteiger partial charge in [-0.25, -0.2) is 0 Å². The molecule has 0 aliphatic carbocycles. The molecular weight excluding hydrogens is 252 g/mol. The van der Waals surface area contributed by atoms with Gasteiger partial charge in [0, 0.05) is 12.1 Å². The highest BCUT2D eigenvalue weighted by Crippen LogP contribution is 2.09. The summed E-state index contributed by atoms with van der Waals surface area (Å²) in [7, 11) is 0. The van der Waals surface area contributed by atoms with Crippen LogP contribution in [0.25, 0.3) is 0 Å². The second-order valence-corrected chi connectivity index (χ2v) is 4.85. The third-order valence-corrected chi connectivity index (χ3v) is 3.10. The summed E-state index contributed by atoms with van der Waals surface area (Å²) in [6.07, 6.45) is 0.682. The Balaban J connectivity index is 1.72. The van der Waals surface area contributed by atoms with E-state index in [-0.39, 0.29) is 0 Å². The number of benzene rings is 1. The molecule has 0 unspecified atom stereocenters. The second kappa shape index (κ2) is 5.28. The summed E-state index contributed by atoms with van der Waals surface area (Å²) >= 11 is 0. The van der Waals surface area contributed by atoms with E-state index in [1.165, 1.54) is 5.56 Å². The Labute approximate surface area is 117 Å². The van der Waals surface area contributed by atoms with Crippen LogP contribution in [0.1, 0.15) is 28.7 Å². The van der Waals surface area contributed by atoms with Gasteiger partial charge < -0.3 is 4.52 Å². The molecule has 2 aromatic heterocycles. The Bertz CT molecular complexity index is 700. The Morgan fingerprint density at radius 3 is 2.65 bits per heavy atom. The normalized spacial score (nSPS) is 10.9. The summed E-state index contributed by atoms with van der Waals surface area (Å²) in [6.45, 7) is 4.50. The van der Waals surface area contributed by atoms with Crippen molar-refractivity contribution in [2.24, 2.45) is 0 Å². The molecule has 1 aromatic carbocycles. The van der Waals surface area contributed by atoms with Crippen molar-refractivity contribution in [1.29, 1.82) is 0 Å². The molecule has 3 rings (SSSR count). The van der Waals surface area contributed by atoms with E-state index in [0.717, 1.165) is 11.4 Å². The van der Waals surface area contributed by atoms with E-state index in [1.54, 1.807) is 0 Å². The molecule has 0 spiro atoms. The quantitative estimate of drug-likeness (QED) is 0.729. The van der Waals surface area contributed by atoms with Gasteiger partial charge in [-0.2, -0.15) is 10.1 Å². The van der Waals surface area contributed by atoms with Gasteiger partial charge in [0.15, 0.2) is 5.82 Å². The molecule has 0 N–H and O–H groups in total. The SMILES string of the molecule is Cc1cc(C)n(Cc2nc(Cc3ccccc3)no2)n1. The highest BCUT2D eigenvalue weighted by molar-refractivity contribution is 5.18. The Morgan fingerprint density at radius 2 is 1.95 bits per heavy atom. The molecule has 5 heteroatoms. The molecule has 0 saturated carbocycles. The summed E-state index contributed by atoms with van der Waals surface area (Å²) < 4.78 is 7.15. The summed E-state index contributed by atoms with van der Waals surface area (Å²) in [5.74, 6) is 1.29. The lowest BCUT2D eigenvalue weighted by molar-refractivity contribution is 0.360. The number of aromatic nitrogens is 4. The van der Waals surface area contributed by atoms with Crippen molar-refractivity contribution < 1.29 is 4.52 Å². The lowest BCUT2D eigenvalue weighted by Gasteiger charge is -1.98. The van der Waals surface area contributed by atoms with E-state index in [1.807, 2.05) is 42.8 Å². The summed E-state index contributed by atoms with van der Waals surface area (Å²) in [6, 6.07) is 12.1. The van der Waals surface area contributed by atoms with Crippen molar-refractivity contribution in [3.63, 3.8) is 0 Å². The van der Waals surface area contributed by atoms with E-state index in [2.05, 4.69) is 27.4 Å². The van der Waals surface area contributed by atoms with Gasteiger partial charge in [0.05, 0.1) is 5.69 Å². The van der Waals surface area contributed by atoms with Gasteiger partial charge >= 0.3 is 0 Å². The summed E-state index contributed by atoms with van der Waals surface area (Å²) in [5, 5.41) is 8.40. The third kappa shape index (κ3) is 2.77. The molecule has 3 aromatic rings. The molecular formula is C15H16N4O. The predicted molar refractivity (Wildman–Crippen MR) is 74.3 cm³/mol. The Morgan fingerprint density at radius 1 is 1.15 bits per heavy atom. The van der Waals surface area contributed by atoms with Crippen LogP contribution in [0, 0.1) is 13.8 Å². The molecule has 0 atom stereocenters. The van der Waals surface area contributed by atoms with Gasteiger partial charge in [0.25, 0.3) is 0 Å². The molecule has 2 heterocycles. The fourth-order valence-corrected chi connectivity index (χ4v) is 2.17. The monoisotopic (exact) mass is 268 g/mol. The highest BCUT2D eigenvalue weighted by atomic mass is 16.5. The van der Waals surface area contributed by atoms with Gasteiger partial charge in [-0.05, 0) is 25.5 Å². The van der Waals surface area contributed by atoms with Crippen molar-refractivity contribution >= 4 is 0 Å². The lowest BCUT2D eigenvalue weighted by Crippen LogP contribution is -2.04. The predicted octanol–water partition coefficient (Wildman–Crippen LogP) is 2.52. The number of nitrogens with zero attached hydrogens (tertiary/aromatic N) is 4. The van der Waals surface area contributed by atoms with Crippen molar-refractivity contribution in [1.82, 2.24) is 19.9 Å². The fourth-order valence-electron chi connectivity index (χ4n) is 2.17. The maximum absolute atomic E-state index is 5.28. The molecule has 0 saturated heterocycles. The van der Waals surface area contributed by atoms with Crippen molar-refractivity contribution in [3.05, 3.63) is 65.1 Å². The first kappa shape index (κ1) is 12.6. The minimum atomic E-state index is 0.515. The van der Waals surface area contributed by atoms with E-state index in [9.17, 15) is 0 Å². The zero-order chi connectivity index (χ0) is 13.9.